The van der Waals surface area contributed by atoms with Gasteiger partial charge in [0.05, 0.1) is 0 Å². The number of hydrogen-bond acceptors (Lipinski definition) is 8. The van der Waals surface area contributed by atoms with Gasteiger partial charge in [-0.15, -0.1) is 0 Å². The van der Waals surface area contributed by atoms with E-state index in [1.54, 1.807) is 0 Å². The van der Waals surface area contributed by atoms with Crippen LogP contribution in [0.15, 0.2) is 12.2 Å². The predicted octanol–water partition coefficient (Wildman–Crippen LogP) is 10.4. The fourth-order valence-corrected chi connectivity index (χ4v) is 2.38. The van der Waals surface area contributed by atoms with Crippen molar-refractivity contribution in [1.29, 1.82) is 0 Å². The number of ether oxygens (including phenoxy) is 7. The van der Waals surface area contributed by atoms with Crippen LogP contribution in [0.25, 0.3) is 0 Å². The molecule has 0 fully saturated rings. The Bertz CT molecular complexity index is 1520. The van der Waals surface area contributed by atoms with Crippen LogP contribution in [0.2, 0.25) is 0 Å². The molecule has 0 rings (SSSR count). The van der Waals surface area contributed by atoms with Crippen LogP contribution in [0.4, 0.5) is 136 Å². The van der Waals surface area contributed by atoms with E-state index in [0.29, 0.717) is 0 Å². The van der Waals surface area contributed by atoms with Crippen molar-refractivity contribution in [3.63, 3.8) is 0 Å². The first kappa shape index (κ1) is 56.8. The van der Waals surface area contributed by atoms with Crippen molar-refractivity contribution in [1.82, 2.24) is 0 Å². The van der Waals surface area contributed by atoms with Crippen LogP contribution in [0.3, 0.4) is 0 Å². The Morgan fingerprint density at radius 1 is 0.333 bits per heavy atom. The van der Waals surface area contributed by atoms with Crippen LogP contribution < -0.4 is 0 Å². The lowest BCUT2D eigenvalue weighted by molar-refractivity contribution is -0.598. The van der Waals surface area contributed by atoms with Gasteiger partial charge < -0.3 is 5.11 Å². The highest BCUT2D eigenvalue weighted by molar-refractivity contribution is 5.85. The molecule has 0 aromatic heterocycles. The number of halogens is 31. The second-order valence-corrected chi connectivity index (χ2v) is 9.98. The molecule has 9 nitrogen and oxygen atoms in total. The van der Waals surface area contributed by atoms with Crippen LogP contribution in [-0.4, -0.2) is 103 Å². The molecule has 0 aromatic rings. The number of rotatable bonds is 24. The van der Waals surface area contributed by atoms with Gasteiger partial charge in [0.1, 0.15) is 0 Å². The van der Waals surface area contributed by atoms with Gasteiger partial charge in [-0.05, 0) is 6.42 Å². The van der Waals surface area contributed by atoms with E-state index in [1.165, 1.54) is 4.74 Å². The molecule has 0 atom stereocenters. The topological polar surface area (TPSA) is 102 Å². The summed E-state index contributed by atoms with van der Waals surface area (Å²) in [5.41, 5.74) is -1.34. The number of hydrogen-bond donors (Lipinski definition) is 1. The van der Waals surface area contributed by atoms with Crippen molar-refractivity contribution in [2.45, 2.75) is 105 Å². The maximum atomic E-state index is 13.6. The lowest BCUT2D eigenvalue weighted by atomic mass is 10.1. The van der Waals surface area contributed by atoms with Crippen LogP contribution in [0, 0.1) is 0 Å². The third-order valence-electron chi connectivity index (χ3n) is 5.20. The van der Waals surface area contributed by atoms with Gasteiger partial charge in [0.2, 0.25) is 0 Å². The number of aliphatic carboxylic acids is 1. The van der Waals surface area contributed by atoms with Crippen molar-refractivity contribution in [2.24, 2.45) is 0 Å². The molecule has 0 amide bonds. The molecule has 0 bridgehead atoms. The van der Waals surface area contributed by atoms with Crippen LogP contribution >= 0.6 is 0 Å². The van der Waals surface area contributed by atoms with Crippen LogP contribution in [0.5, 0.6) is 0 Å². The van der Waals surface area contributed by atoms with Crippen molar-refractivity contribution in [3.8, 4) is 0 Å². The smallest absolute Gasteiger partial charge is 0.478 e. The molecule has 0 aliphatic heterocycles. The summed E-state index contributed by atoms with van der Waals surface area (Å²) in [4.78, 5) is 10.4. The Morgan fingerprint density at radius 2 is 0.500 bits per heavy atom. The van der Waals surface area contributed by atoms with E-state index in [4.69, 9.17) is 5.11 Å². The molecule has 60 heavy (non-hydrogen) atoms. The Hall–Kier alpha value is -3.24. The molecule has 0 radical (unpaired) electrons. The third kappa shape index (κ3) is 12.7. The van der Waals surface area contributed by atoms with Gasteiger partial charge in [-0.25, -0.2) is 38.0 Å². The molecule has 1 N–H and O–H groups in total. The summed E-state index contributed by atoms with van der Waals surface area (Å²) >= 11 is 0. The SMILES string of the molecule is C=C(CCC(F)(F)OC(F)(F)C(F)(F)OC(F)(F)C(F)(F)OC(F)(F)C(F)(F)OC(F)(F)C(F)(F)OC(F)(F)C(F)(F)OC(F)(F)C(F)(F)OC(F)(F)C(F)(F)F)C(=O)O. The van der Waals surface area contributed by atoms with Gasteiger partial charge in [0.25, 0.3) is 0 Å². The summed E-state index contributed by atoms with van der Waals surface area (Å²) in [6.45, 7) is 2.50. The lowest BCUT2D eigenvalue weighted by Crippen LogP contribution is -2.62. The molecule has 40 heteroatoms. The third-order valence-corrected chi connectivity index (χ3v) is 5.20. The van der Waals surface area contributed by atoms with E-state index in [2.05, 4.69) is 6.58 Å². The Kier molecular flexibility index (Phi) is 15.3. The van der Waals surface area contributed by atoms with Crippen molar-refractivity contribution in [2.75, 3.05) is 0 Å². The van der Waals surface area contributed by atoms with Gasteiger partial charge in [0, 0.05) is 12.0 Å². The summed E-state index contributed by atoms with van der Waals surface area (Å²) in [5, 5.41) is 8.36. The standard InChI is InChI=1S/C20H7F31O9/c1-4(5(52)53)2-3-6(21,22)54-9(28,29)10(30,31)56-13(36,37)14(38,39)58-17(44,45)18(46,47)60-20(50,51)19(48,49)59-16(42,43)15(40,41)57-12(34,35)11(32,33)55-8(26,27)7(23,24)25/h1-3H2,(H,52,53). The van der Waals surface area contributed by atoms with Crippen molar-refractivity contribution in [3.05, 3.63) is 12.2 Å². The van der Waals surface area contributed by atoms with E-state index in [9.17, 15) is 141 Å². The molecule has 0 spiro atoms. The van der Waals surface area contributed by atoms with Gasteiger partial charge in [0.15, 0.2) is 0 Å². The second kappa shape index (κ2) is 16.1. The summed E-state index contributed by atoms with van der Waals surface area (Å²) in [7, 11) is 0. The first-order chi connectivity index (χ1) is 25.5. The molecular formula is C20H7F31O9. The molecule has 0 aliphatic carbocycles. The Morgan fingerprint density at radius 3 is 0.667 bits per heavy atom. The minimum atomic E-state index is -8.46. The quantitative estimate of drug-likeness (QED) is 0.0748. The van der Waals surface area contributed by atoms with E-state index < -0.39 is 116 Å². The average Bonchev–Trinajstić information content (AvgIpc) is 2.90. The monoisotopic (exact) mass is 980 g/mol. The molecule has 0 aromatic carbocycles. The summed E-state index contributed by atoms with van der Waals surface area (Å²) in [6.07, 6.45) is -123. The van der Waals surface area contributed by atoms with Gasteiger partial charge in [-0.2, -0.15) is 136 Å². The number of alkyl halides is 31. The van der Waals surface area contributed by atoms with E-state index in [-0.39, 0.29) is 0 Å². The molecule has 0 aliphatic rings. The lowest BCUT2D eigenvalue weighted by Gasteiger charge is -2.37. The van der Waals surface area contributed by atoms with Crippen LogP contribution in [-0.2, 0) is 38.0 Å². The highest BCUT2D eigenvalue weighted by Gasteiger charge is 2.81. The fourth-order valence-electron chi connectivity index (χ4n) is 2.38. The Balaban J connectivity index is 6.37. The zero-order valence-electron chi connectivity index (χ0n) is 26.1. The van der Waals surface area contributed by atoms with E-state index in [1.807, 2.05) is 4.74 Å². The number of carbonyl (C=O) groups is 1. The minimum Gasteiger partial charge on any atom is -0.478 e. The summed E-state index contributed by atoms with van der Waals surface area (Å²) in [6, 6.07) is 0. The first-order valence-electron chi connectivity index (χ1n) is 12.7. The maximum absolute atomic E-state index is 13.6. The molecule has 0 heterocycles. The molecular weight excluding hydrogens is 973 g/mol. The maximum Gasteiger partial charge on any atom is 0.483 e. The number of carboxylic acids is 1. The normalized spacial score (nSPS) is 16.1. The average molecular weight is 980 g/mol. The molecule has 0 saturated carbocycles. The van der Waals surface area contributed by atoms with Gasteiger partial charge in [-0.3, -0.25) is 0 Å². The minimum absolute atomic E-state index is 1.02. The number of carboxylic acid groups (broad SMARTS) is 1. The van der Waals surface area contributed by atoms with Crippen molar-refractivity contribution < 1.29 is 179 Å². The Labute approximate surface area is 303 Å². The fraction of sp³-hybridized carbons (Fsp3) is 0.850. The van der Waals surface area contributed by atoms with Gasteiger partial charge >= 0.3 is 97.7 Å². The zero-order valence-corrected chi connectivity index (χ0v) is 26.1. The predicted molar refractivity (Wildman–Crippen MR) is 109 cm³/mol. The largest absolute Gasteiger partial charge is 0.483 e. The van der Waals surface area contributed by atoms with E-state index >= 15 is 0 Å². The highest BCUT2D eigenvalue weighted by atomic mass is 19.4. The van der Waals surface area contributed by atoms with E-state index in [0.717, 1.165) is 23.7 Å². The molecule has 358 valence electrons. The zero-order chi connectivity index (χ0) is 49.0. The highest BCUT2D eigenvalue weighted by Crippen LogP contribution is 2.55. The van der Waals surface area contributed by atoms with Crippen LogP contribution in [0.1, 0.15) is 12.8 Å². The molecule has 0 saturated heterocycles. The molecule has 0 unspecified atom stereocenters. The summed E-state index contributed by atoms with van der Waals surface area (Å²) < 4.78 is 419. The van der Waals surface area contributed by atoms with Gasteiger partial charge in [-0.1, -0.05) is 6.58 Å². The second-order valence-electron chi connectivity index (χ2n) is 9.98. The first-order valence-corrected chi connectivity index (χ1v) is 12.7. The van der Waals surface area contributed by atoms with Crippen molar-refractivity contribution >= 4 is 5.97 Å². The summed E-state index contributed by atoms with van der Waals surface area (Å²) in [5.74, 6) is -2.18.